The highest BCUT2D eigenvalue weighted by Gasteiger charge is 2.56. The van der Waals surface area contributed by atoms with Crippen LogP contribution in [0, 0.1) is 23.1 Å². The summed E-state index contributed by atoms with van der Waals surface area (Å²) in [4.78, 5) is 0. The molecule has 3 rings (SSSR count). The van der Waals surface area contributed by atoms with Crippen molar-refractivity contribution in [1.29, 1.82) is 0 Å². The van der Waals surface area contributed by atoms with Crippen molar-refractivity contribution in [3.63, 3.8) is 0 Å². The highest BCUT2D eigenvalue weighted by atomic mass is 35.5. The normalized spacial score (nSPS) is 31.0. The average molecular weight is 390 g/mol. The van der Waals surface area contributed by atoms with Crippen LogP contribution in [0.15, 0.2) is 48.5 Å². The Morgan fingerprint density at radius 3 is 2.44 bits per heavy atom. The second kappa shape index (κ2) is 7.90. The molecule has 2 nitrogen and oxygen atoms in total. The molecule has 1 saturated carbocycles. The zero-order valence-electron chi connectivity index (χ0n) is 16.1. The highest BCUT2D eigenvalue weighted by molar-refractivity contribution is 6.31. The van der Waals surface area contributed by atoms with Crippen LogP contribution in [0.25, 0.3) is 0 Å². The molecule has 0 bridgehead atoms. The van der Waals surface area contributed by atoms with Gasteiger partial charge in [-0.05, 0) is 49.4 Å². The summed E-state index contributed by atoms with van der Waals surface area (Å²) >= 11 is 6.31. The predicted octanol–water partition coefficient (Wildman–Crippen LogP) is 5.01. The number of benzene rings is 2. The molecule has 2 aromatic rings. The van der Waals surface area contributed by atoms with E-state index >= 15 is 0 Å². The maximum Gasteiger partial charge on any atom is 0.127 e. The lowest BCUT2D eigenvalue weighted by Gasteiger charge is -2.57. The third kappa shape index (κ3) is 3.65. The van der Waals surface area contributed by atoms with Gasteiger partial charge in [0.15, 0.2) is 0 Å². The molecule has 0 aliphatic heterocycles. The molecular formula is C23H29ClFNO. The second-order valence-electron chi connectivity index (χ2n) is 8.29. The first-order valence-corrected chi connectivity index (χ1v) is 10.1. The van der Waals surface area contributed by atoms with Gasteiger partial charge in [0.25, 0.3) is 0 Å². The van der Waals surface area contributed by atoms with Crippen molar-refractivity contribution >= 4 is 11.6 Å². The van der Waals surface area contributed by atoms with Crippen molar-refractivity contribution in [3.05, 3.63) is 70.5 Å². The Morgan fingerprint density at radius 1 is 1.11 bits per heavy atom. The summed E-state index contributed by atoms with van der Waals surface area (Å²) in [6.07, 6.45) is 2.73. The van der Waals surface area contributed by atoms with Gasteiger partial charge < -0.3 is 10.8 Å². The number of nitrogens with two attached hydrogens (primary N) is 1. The van der Waals surface area contributed by atoms with Crippen LogP contribution in [0.3, 0.4) is 0 Å². The minimum Gasteiger partial charge on any atom is -0.389 e. The molecule has 0 aromatic heterocycles. The third-order valence-corrected chi connectivity index (χ3v) is 7.26. The van der Waals surface area contributed by atoms with Gasteiger partial charge in [0.05, 0.1) is 5.60 Å². The smallest absolute Gasteiger partial charge is 0.127 e. The summed E-state index contributed by atoms with van der Waals surface area (Å²) in [6.45, 7) is 4.69. The van der Waals surface area contributed by atoms with Gasteiger partial charge >= 0.3 is 0 Å². The van der Waals surface area contributed by atoms with E-state index in [-0.39, 0.29) is 24.1 Å². The first kappa shape index (κ1) is 20.3. The molecule has 4 unspecified atom stereocenters. The summed E-state index contributed by atoms with van der Waals surface area (Å²) in [7, 11) is 0. The van der Waals surface area contributed by atoms with Crippen molar-refractivity contribution in [2.45, 2.75) is 45.1 Å². The van der Waals surface area contributed by atoms with Crippen LogP contribution in [0.4, 0.5) is 4.39 Å². The quantitative estimate of drug-likeness (QED) is 0.755. The first-order chi connectivity index (χ1) is 12.8. The molecule has 0 radical (unpaired) electrons. The van der Waals surface area contributed by atoms with Crippen molar-refractivity contribution in [3.8, 4) is 0 Å². The standard InChI is InChI=1S/C23H29ClFNO/c1-16-11-12-18(15-26)23(27,14-19-20(24)9-6-10-21(19)25)22(16,2)13-17-7-4-3-5-8-17/h3-10,16,18,27H,11-15,26H2,1-2H3. The predicted molar refractivity (Wildman–Crippen MR) is 109 cm³/mol. The summed E-state index contributed by atoms with van der Waals surface area (Å²) in [6, 6.07) is 14.9. The Bertz CT molecular complexity index is 763. The van der Waals surface area contributed by atoms with Crippen molar-refractivity contribution in [1.82, 2.24) is 0 Å². The van der Waals surface area contributed by atoms with E-state index in [4.69, 9.17) is 17.3 Å². The number of rotatable bonds is 5. The van der Waals surface area contributed by atoms with Gasteiger partial charge in [0.2, 0.25) is 0 Å². The van der Waals surface area contributed by atoms with Crippen molar-refractivity contribution in [2.75, 3.05) is 6.54 Å². The van der Waals surface area contributed by atoms with Gasteiger partial charge in [0.1, 0.15) is 5.82 Å². The topological polar surface area (TPSA) is 46.2 Å². The molecule has 146 valence electrons. The van der Waals surface area contributed by atoms with Crippen LogP contribution >= 0.6 is 11.6 Å². The lowest BCUT2D eigenvalue weighted by molar-refractivity contribution is -0.167. The van der Waals surface area contributed by atoms with Crippen molar-refractivity contribution in [2.24, 2.45) is 23.0 Å². The molecule has 4 atom stereocenters. The largest absolute Gasteiger partial charge is 0.389 e. The highest BCUT2D eigenvalue weighted by Crippen LogP contribution is 2.54. The Labute approximate surface area is 166 Å². The minimum atomic E-state index is -1.14. The van der Waals surface area contributed by atoms with Gasteiger partial charge in [-0.2, -0.15) is 0 Å². The molecule has 0 saturated heterocycles. The van der Waals surface area contributed by atoms with E-state index in [1.54, 1.807) is 12.1 Å². The molecule has 2 aromatic carbocycles. The van der Waals surface area contributed by atoms with Crippen LogP contribution in [-0.4, -0.2) is 17.3 Å². The molecule has 1 aliphatic rings. The molecule has 0 amide bonds. The zero-order chi connectivity index (χ0) is 19.7. The molecule has 4 heteroatoms. The fraction of sp³-hybridized carbons (Fsp3) is 0.478. The fourth-order valence-corrected chi connectivity index (χ4v) is 5.11. The monoisotopic (exact) mass is 389 g/mol. The summed E-state index contributed by atoms with van der Waals surface area (Å²) in [5.74, 6) is -0.193. The van der Waals surface area contributed by atoms with E-state index in [2.05, 4.69) is 26.0 Å². The molecule has 27 heavy (non-hydrogen) atoms. The van der Waals surface area contributed by atoms with E-state index in [0.717, 1.165) is 12.8 Å². The van der Waals surface area contributed by atoms with Crippen LogP contribution in [-0.2, 0) is 12.8 Å². The Hall–Kier alpha value is -1.42. The first-order valence-electron chi connectivity index (χ1n) is 9.71. The average Bonchev–Trinajstić information content (AvgIpc) is 2.64. The molecule has 0 spiro atoms. The third-order valence-electron chi connectivity index (χ3n) is 6.91. The molecular weight excluding hydrogens is 361 g/mol. The van der Waals surface area contributed by atoms with E-state index in [1.165, 1.54) is 11.6 Å². The number of aliphatic hydroxyl groups is 1. The second-order valence-corrected chi connectivity index (χ2v) is 8.70. The van der Waals surface area contributed by atoms with Gasteiger partial charge in [-0.3, -0.25) is 0 Å². The SMILES string of the molecule is CC1CCC(CN)C(O)(Cc2c(F)cccc2Cl)C1(C)Cc1ccccc1. The van der Waals surface area contributed by atoms with E-state index in [9.17, 15) is 9.50 Å². The summed E-state index contributed by atoms with van der Waals surface area (Å²) < 4.78 is 14.6. The van der Waals surface area contributed by atoms with Crippen molar-refractivity contribution < 1.29 is 9.50 Å². The van der Waals surface area contributed by atoms with Gasteiger partial charge in [-0.15, -0.1) is 0 Å². The zero-order valence-corrected chi connectivity index (χ0v) is 16.8. The van der Waals surface area contributed by atoms with E-state index < -0.39 is 11.0 Å². The van der Waals surface area contributed by atoms with Gasteiger partial charge in [0, 0.05) is 28.3 Å². The fourth-order valence-electron chi connectivity index (χ4n) is 4.88. The van der Waals surface area contributed by atoms with Crippen LogP contribution in [0.2, 0.25) is 5.02 Å². The molecule has 1 aliphatic carbocycles. The lowest BCUT2D eigenvalue weighted by atomic mass is 9.51. The lowest BCUT2D eigenvalue weighted by Crippen LogP contribution is -2.62. The Morgan fingerprint density at radius 2 is 1.81 bits per heavy atom. The summed E-state index contributed by atoms with van der Waals surface area (Å²) in [5.41, 5.74) is 6.05. The van der Waals surface area contributed by atoms with Gasteiger partial charge in [-0.1, -0.05) is 61.8 Å². The number of hydrogen-bond donors (Lipinski definition) is 2. The van der Waals surface area contributed by atoms with Crippen LogP contribution in [0.1, 0.15) is 37.8 Å². The van der Waals surface area contributed by atoms with E-state index in [1.807, 2.05) is 18.2 Å². The van der Waals surface area contributed by atoms with Crippen LogP contribution in [0.5, 0.6) is 0 Å². The molecule has 3 N–H and O–H groups in total. The number of hydrogen-bond acceptors (Lipinski definition) is 2. The Balaban J connectivity index is 2.07. The molecule has 0 heterocycles. The minimum absolute atomic E-state index is 0.0990. The Kier molecular flexibility index (Phi) is 5.95. The number of halogens is 2. The maximum atomic E-state index is 14.6. The van der Waals surface area contributed by atoms with Gasteiger partial charge in [-0.25, -0.2) is 4.39 Å². The maximum absolute atomic E-state index is 14.6. The van der Waals surface area contributed by atoms with E-state index in [0.29, 0.717) is 23.6 Å². The molecule has 1 fully saturated rings. The van der Waals surface area contributed by atoms with Crippen LogP contribution < -0.4 is 5.73 Å². The summed E-state index contributed by atoms with van der Waals surface area (Å²) in [5, 5.41) is 12.4.